The summed E-state index contributed by atoms with van der Waals surface area (Å²) in [6.07, 6.45) is 8.70. The van der Waals surface area contributed by atoms with Crippen LogP contribution in [0.5, 0.6) is 0 Å². The molecule has 2 unspecified atom stereocenters. The van der Waals surface area contributed by atoms with Gasteiger partial charge in [0.05, 0.1) is 6.21 Å². The molecule has 0 heterocycles. The van der Waals surface area contributed by atoms with Crippen LogP contribution < -0.4 is 0 Å². The Bertz CT molecular complexity index is 647. The zero-order valence-corrected chi connectivity index (χ0v) is 13.9. The minimum absolute atomic E-state index is 0.0403. The Balaban J connectivity index is 2.00. The van der Waals surface area contributed by atoms with E-state index in [9.17, 15) is 8.76 Å². The minimum atomic E-state index is -2.08. The molecule has 5 heteroatoms. The van der Waals surface area contributed by atoms with Crippen molar-refractivity contribution < 1.29 is 14.0 Å². The number of hydrogen-bond acceptors (Lipinski definition) is 4. The third kappa shape index (κ3) is 3.72. The van der Waals surface area contributed by atoms with E-state index in [2.05, 4.69) is 5.16 Å². The molecular formula is C18H22NO3S-. The van der Waals surface area contributed by atoms with Crippen LogP contribution in [0.15, 0.2) is 35.0 Å². The summed E-state index contributed by atoms with van der Waals surface area (Å²) in [6, 6.07) is 7.79. The Hall–Kier alpha value is -1.46. The number of rotatable bonds is 5. The van der Waals surface area contributed by atoms with Gasteiger partial charge in [0.1, 0.15) is 0 Å². The van der Waals surface area contributed by atoms with E-state index in [4.69, 9.17) is 5.21 Å². The van der Waals surface area contributed by atoms with Gasteiger partial charge < -0.3 is 9.76 Å². The van der Waals surface area contributed by atoms with Gasteiger partial charge >= 0.3 is 0 Å². The molecule has 23 heavy (non-hydrogen) atoms. The highest BCUT2D eigenvalue weighted by molar-refractivity contribution is 7.78. The van der Waals surface area contributed by atoms with Crippen molar-refractivity contribution in [2.75, 3.05) is 0 Å². The quantitative estimate of drug-likeness (QED) is 0.385. The lowest BCUT2D eigenvalue weighted by atomic mass is 9.88. The van der Waals surface area contributed by atoms with E-state index < -0.39 is 11.1 Å². The second kappa shape index (κ2) is 7.41. The standard InChI is InChI=1S/C18H23NO3S/c20-19-11-16-8-9-17(14-5-1-2-6-14)18(16)15-7-3-4-13(10-15)12-23(21)22/h3-4,7,10-11,14,16,20H,1-2,5-6,8-9,12H2,(H,21,22)/p-1. The summed E-state index contributed by atoms with van der Waals surface area (Å²) in [7, 11) is 0. The van der Waals surface area contributed by atoms with Crippen LogP contribution in [0.25, 0.3) is 5.57 Å². The molecule has 3 rings (SSSR count). The smallest absolute Gasteiger partial charge is 0.0511 e. The molecule has 0 aliphatic heterocycles. The van der Waals surface area contributed by atoms with Crippen LogP contribution in [0.3, 0.4) is 0 Å². The molecule has 1 fully saturated rings. The maximum Gasteiger partial charge on any atom is 0.0511 e. The van der Waals surface area contributed by atoms with Gasteiger partial charge in [0.15, 0.2) is 0 Å². The summed E-state index contributed by atoms with van der Waals surface area (Å²) in [5.74, 6) is 0.807. The second-order valence-electron chi connectivity index (χ2n) is 6.48. The van der Waals surface area contributed by atoms with Crippen molar-refractivity contribution in [2.24, 2.45) is 17.0 Å². The summed E-state index contributed by atoms with van der Waals surface area (Å²) >= 11 is -2.08. The van der Waals surface area contributed by atoms with E-state index in [1.165, 1.54) is 36.8 Å². The lowest BCUT2D eigenvalue weighted by Gasteiger charge is -2.17. The van der Waals surface area contributed by atoms with E-state index in [0.717, 1.165) is 24.0 Å². The number of nitrogens with zero attached hydrogens (tertiary/aromatic N) is 1. The summed E-state index contributed by atoms with van der Waals surface area (Å²) in [4.78, 5) is 0. The molecule has 0 saturated heterocycles. The molecule has 1 N–H and O–H groups in total. The molecule has 0 bridgehead atoms. The molecule has 2 atom stereocenters. The van der Waals surface area contributed by atoms with Crippen molar-refractivity contribution in [1.29, 1.82) is 0 Å². The lowest BCUT2D eigenvalue weighted by molar-refractivity contribution is 0.319. The van der Waals surface area contributed by atoms with Crippen LogP contribution in [0.2, 0.25) is 0 Å². The van der Waals surface area contributed by atoms with Crippen LogP contribution >= 0.6 is 0 Å². The zero-order valence-electron chi connectivity index (χ0n) is 13.1. The molecule has 0 aromatic heterocycles. The van der Waals surface area contributed by atoms with Crippen molar-refractivity contribution in [3.8, 4) is 0 Å². The van der Waals surface area contributed by atoms with Gasteiger partial charge in [-0.3, -0.25) is 4.21 Å². The molecule has 124 valence electrons. The normalized spacial score (nSPS) is 24.0. The van der Waals surface area contributed by atoms with E-state index in [0.29, 0.717) is 5.92 Å². The molecule has 0 amide bonds. The van der Waals surface area contributed by atoms with Crippen LogP contribution in [0, 0.1) is 11.8 Å². The maximum absolute atomic E-state index is 11.0. The molecular weight excluding hydrogens is 310 g/mol. The van der Waals surface area contributed by atoms with Gasteiger partial charge in [0, 0.05) is 11.7 Å². The molecule has 1 aromatic rings. The van der Waals surface area contributed by atoms with Gasteiger partial charge in [0.25, 0.3) is 0 Å². The first-order chi connectivity index (χ1) is 11.2. The Morgan fingerprint density at radius 1 is 1.30 bits per heavy atom. The number of benzene rings is 1. The fourth-order valence-corrected chi connectivity index (χ4v) is 4.57. The first-order valence-corrected chi connectivity index (χ1v) is 9.49. The van der Waals surface area contributed by atoms with Crippen molar-refractivity contribution in [1.82, 2.24) is 0 Å². The van der Waals surface area contributed by atoms with Crippen molar-refractivity contribution >= 4 is 22.9 Å². The Morgan fingerprint density at radius 2 is 2.09 bits per heavy atom. The molecule has 0 radical (unpaired) electrons. The van der Waals surface area contributed by atoms with Crippen LogP contribution in [0.4, 0.5) is 0 Å². The summed E-state index contributed by atoms with van der Waals surface area (Å²) < 4.78 is 22.0. The van der Waals surface area contributed by atoms with Gasteiger partial charge in [-0.05, 0) is 48.3 Å². The molecule has 1 aromatic carbocycles. The van der Waals surface area contributed by atoms with E-state index >= 15 is 0 Å². The lowest BCUT2D eigenvalue weighted by Crippen LogP contribution is -2.04. The second-order valence-corrected chi connectivity index (χ2v) is 7.37. The molecule has 1 saturated carbocycles. The molecule has 4 nitrogen and oxygen atoms in total. The summed E-state index contributed by atoms with van der Waals surface area (Å²) in [5.41, 5.74) is 4.64. The molecule has 2 aliphatic carbocycles. The highest BCUT2D eigenvalue weighted by atomic mass is 32.2. The van der Waals surface area contributed by atoms with Crippen LogP contribution in [0.1, 0.15) is 49.7 Å². The third-order valence-corrected chi connectivity index (χ3v) is 5.63. The SMILES string of the molecule is O=S([O-])Cc1cccc(C2=C(C3CCCC3)CCC2C=NO)c1. The van der Waals surface area contributed by atoms with Gasteiger partial charge in [0.2, 0.25) is 0 Å². The number of oxime groups is 1. The molecule has 0 spiro atoms. The van der Waals surface area contributed by atoms with Gasteiger partial charge in [-0.1, -0.05) is 53.8 Å². The minimum Gasteiger partial charge on any atom is -0.772 e. The van der Waals surface area contributed by atoms with Crippen LogP contribution in [-0.2, 0) is 16.8 Å². The highest BCUT2D eigenvalue weighted by Gasteiger charge is 2.31. The van der Waals surface area contributed by atoms with Crippen molar-refractivity contribution in [2.45, 2.75) is 44.3 Å². The van der Waals surface area contributed by atoms with E-state index in [1.807, 2.05) is 24.3 Å². The monoisotopic (exact) mass is 332 g/mol. The van der Waals surface area contributed by atoms with E-state index in [1.54, 1.807) is 6.21 Å². The average molecular weight is 332 g/mol. The summed E-state index contributed by atoms with van der Waals surface area (Å²) in [5, 5.41) is 12.2. The summed E-state index contributed by atoms with van der Waals surface area (Å²) in [6.45, 7) is 0. The molecule has 2 aliphatic rings. The van der Waals surface area contributed by atoms with Gasteiger partial charge in [-0.25, -0.2) is 0 Å². The van der Waals surface area contributed by atoms with Crippen LogP contribution in [-0.4, -0.2) is 20.2 Å². The first-order valence-electron chi connectivity index (χ1n) is 8.24. The largest absolute Gasteiger partial charge is 0.772 e. The number of allylic oxidation sites excluding steroid dienone is 2. The predicted molar refractivity (Wildman–Crippen MR) is 90.9 cm³/mol. The zero-order chi connectivity index (χ0) is 16.2. The Morgan fingerprint density at radius 3 is 2.78 bits per heavy atom. The van der Waals surface area contributed by atoms with Crippen molar-refractivity contribution in [3.05, 3.63) is 41.0 Å². The Kier molecular flexibility index (Phi) is 5.28. The topological polar surface area (TPSA) is 72.7 Å². The van der Waals surface area contributed by atoms with E-state index in [-0.39, 0.29) is 11.7 Å². The number of hydrogen-bond donors (Lipinski definition) is 1. The maximum atomic E-state index is 11.0. The predicted octanol–water partition coefficient (Wildman–Crippen LogP) is 3.88. The van der Waals surface area contributed by atoms with Gasteiger partial charge in [-0.15, -0.1) is 5.16 Å². The first kappa shape index (κ1) is 16.4. The van der Waals surface area contributed by atoms with Gasteiger partial charge in [-0.2, -0.15) is 0 Å². The average Bonchev–Trinajstić information content (AvgIpc) is 3.16. The third-order valence-electron chi connectivity index (χ3n) is 5.06. The highest BCUT2D eigenvalue weighted by Crippen LogP contribution is 2.46. The Labute approximate surface area is 139 Å². The van der Waals surface area contributed by atoms with Crippen molar-refractivity contribution in [3.63, 3.8) is 0 Å². The fourth-order valence-electron chi connectivity index (χ4n) is 4.12. The fraction of sp³-hybridized carbons (Fsp3) is 0.500.